The number of hydrogen-bond acceptors (Lipinski definition) is 8. The van der Waals surface area contributed by atoms with Crippen molar-refractivity contribution in [3.63, 3.8) is 0 Å². The number of nitrogens with zero attached hydrogens (tertiary/aromatic N) is 4. The Morgan fingerprint density at radius 1 is 1.26 bits per heavy atom. The Morgan fingerprint density at radius 3 is 2.89 bits per heavy atom. The highest BCUT2D eigenvalue weighted by molar-refractivity contribution is 5.96. The predicted molar refractivity (Wildman–Crippen MR) is 91.6 cm³/mol. The summed E-state index contributed by atoms with van der Waals surface area (Å²) in [4.78, 5) is 32.6. The molecule has 0 saturated carbocycles. The van der Waals surface area contributed by atoms with Gasteiger partial charge in [-0.2, -0.15) is 4.98 Å². The fourth-order valence-electron chi connectivity index (χ4n) is 2.48. The zero-order valence-electron chi connectivity index (χ0n) is 14.5. The number of nitrogens with one attached hydrogen (secondary N) is 1. The number of fused-ring (bicyclic) bond motifs is 2. The maximum atomic E-state index is 12.3. The van der Waals surface area contributed by atoms with E-state index >= 15 is 0 Å². The standard InChI is InChI=1S/C17H15N5O5/c1-9-5-6-18-17-20-14(21-22(9)17)16(24)27-10(2)15(23)19-11-3-4-12-13(7-11)26-8-25-12/h3-7,10H,8H2,1-2H3,(H,19,23). The fourth-order valence-corrected chi connectivity index (χ4v) is 2.48. The van der Waals surface area contributed by atoms with Crippen LogP contribution >= 0.6 is 0 Å². The Kier molecular flexibility index (Phi) is 4.07. The van der Waals surface area contributed by atoms with Crippen LogP contribution in [-0.2, 0) is 9.53 Å². The summed E-state index contributed by atoms with van der Waals surface area (Å²) in [5.74, 6) is -0.0593. The van der Waals surface area contributed by atoms with E-state index in [2.05, 4.69) is 20.4 Å². The molecule has 27 heavy (non-hydrogen) atoms. The van der Waals surface area contributed by atoms with E-state index in [4.69, 9.17) is 14.2 Å². The quantitative estimate of drug-likeness (QED) is 0.685. The molecule has 138 valence electrons. The SMILES string of the molecule is Cc1ccnc2nc(C(=O)OC(C)C(=O)Nc3ccc4c(c3)OCO4)nn12. The van der Waals surface area contributed by atoms with Crippen LogP contribution in [-0.4, -0.2) is 44.4 Å². The van der Waals surface area contributed by atoms with Crippen molar-refractivity contribution in [1.82, 2.24) is 19.6 Å². The molecule has 10 nitrogen and oxygen atoms in total. The molecule has 1 amide bonds. The molecule has 1 unspecified atom stereocenters. The molecule has 0 saturated heterocycles. The first-order valence-electron chi connectivity index (χ1n) is 8.11. The van der Waals surface area contributed by atoms with E-state index in [1.165, 1.54) is 11.4 Å². The Morgan fingerprint density at radius 2 is 2.07 bits per heavy atom. The van der Waals surface area contributed by atoms with Crippen LogP contribution in [0.2, 0.25) is 0 Å². The lowest BCUT2D eigenvalue weighted by atomic mass is 10.2. The normalized spacial score (nSPS) is 13.4. The number of esters is 1. The van der Waals surface area contributed by atoms with Gasteiger partial charge in [-0.3, -0.25) is 4.79 Å². The molecule has 0 spiro atoms. The number of rotatable bonds is 4. The summed E-state index contributed by atoms with van der Waals surface area (Å²) in [5.41, 5.74) is 1.26. The van der Waals surface area contributed by atoms with Gasteiger partial charge in [-0.05, 0) is 32.0 Å². The summed E-state index contributed by atoms with van der Waals surface area (Å²) in [7, 11) is 0. The molecular weight excluding hydrogens is 354 g/mol. The molecule has 0 fully saturated rings. The lowest BCUT2D eigenvalue weighted by Gasteiger charge is -2.12. The minimum absolute atomic E-state index is 0.140. The second kappa shape index (κ2) is 6.56. The van der Waals surface area contributed by atoms with Gasteiger partial charge in [0.1, 0.15) is 0 Å². The highest BCUT2D eigenvalue weighted by atomic mass is 16.7. The monoisotopic (exact) mass is 369 g/mol. The first-order chi connectivity index (χ1) is 13.0. The molecule has 3 heterocycles. The molecule has 2 aromatic heterocycles. The second-order valence-corrected chi connectivity index (χ2v) is 5.84. The maximum Gasteiger partial charge on any atom is 0.379 e. The van der Waals surface area contributed by atoms with Gasteiger partial charge in [-0.25, -0.2) is 14.3 Å². The van der Waals surface area contributed by atoms with Gasteiger partial charge in [0.2, 0.25) is 6.79 Å². The molecule has 1 aliphatic heterocycles. The third kappa shape index (κ3) is 3.24. The molecule has 3 aromatic rings. The fraction of sp³-hybridized carbons (Fsp3) is 0.235. The van der Waals surface area contributed by atoms with E-state index in [0.29, 0.717) is 17.2 Å². The lowest BCUT2D eigenvalue weighted by molar-refractivity contribution is -0.123. The van der Waals surface area contributed by atoms with Gasteiger partial charge < -0.3 is 19.5 Å². The van der Waals surface area contributed by atoms with E-state index in [9.17, 15) is 9.59 Å². The maximum absolute atomic E-state index is 12.3. The van der Waals surface area contributed by atoms with E-state index in [1.807, 2.05) is 0 Å². The number of hydrogen-bond donors (Lipinski definition) is 1. The van der Waals surface area contributed by atoms with Crippen LogP contribution in [0.4, 0.5) is 5.69 Å². The van der Waals surface area contributed by atoms with Crippen LogP contribution in [0.5, 0.6) is 11.5 Å². The molecule has 0 bridgehead atoms. The van der Waals surface area contributed by atoms with Crippen LogP contribution in [0.3, 0.4) is 0 Å². The third-order valence-corrected chi connectivity index (χ3v) is 3.91. The number of aromatic nitrogens is 4. The zero-order chi connectivity index (χ0) is 19.0. The Balaban J connectivity index is 1.42. The highest BCUT2D eigenvalue weighted by Crippen LogP contribution is 2.34. The van der Waals surface area contributed by atoms with Crippen molar-refractivity contribution in [1.29, 1.82) is 0 Å². The van der Waals surface area contributed by atoms with Crippen LogP contribution in [0.15, 0.2) is 30.5 Å². The van der Waals surface area contributed by atoms with E-state index in [1.54, 1.807) is 37.4 Å². The molecular formula is C17H15N5O5. The lowest BCUT2D eigenvalue weighted by Crippen LogP contribution is -2.30. The zero-order valence-corrected chi connectivity index (χ0v) is 14.5. The van der Waals surface area contributed by atoms with Gasteiger partial charge in [0.25, 0.3) is 17.5 Å². The Labute approximate surface area is 153 Å². The highest BCUT2D eigenvalue weighted by Gasteiger charge is 2.23. The number of aryl methyl sites for hydroxylation is 1. The number of carbonyl (C=O) groups is 2. The number of ether oxygens (including phenoxy) is 3. The summed E-state index contributed by atoms with van der Waals surface area (Å²) >= 11 is 0. The van der Waals surface area contributed by atoms with Crippen molar-refractivity contribution in [3.8, 4) is 11.5 Å². The predicted octanol–water partition coefficient (Wildman–Crippen LogP) is 1.35. The minimum Gasteiger partial charge on any atom is -0.454 e. The summed E-state index contributed by atoms with van der Waals surface area (Å²) in [6.07, 6.45) is 0.513. The number of benzene rings is 1. The Hall–Kier alpha value is -3.69. The smallest absolute Gasteiger partial charge is 0.379 e. The molecule has 1 aliphatic rings. The van der Waals surface area contributed by atoms with Gasteiger partial charge in [-0.15, -0.1) is 5.10 Å². The molecule has 1 aromatic carbocycles. The molecule has 1 atom stereocenters. The van der Waals surface area contributed by atoms with E-state index in [-0.39, 0.29) is 18.4 Å². The van der Waals surface area contributed by atoms with Crippen LogP contribution in [0, 0.1) is 6.92 Å². The topological polar surface area (TPSA) is 117 Å². The first kappa shape index (κ1) is 16.8. The number of carbonyl (C=O) groups excluding carboxylic acids is 2. The average Bonchev–Trinajstić information content (AvgIpc) is 3.28. The van der Waals surface area contributed by atoms with Crippen molar-refractivity contribution < 1.29 is 23.8 Å². The van der Waals surface area contributed by atoms with Crippen LogP contribution < -0.4 is 14.8 Å². The molecule has 0 radical (unpaired) electrons. The van der Waals surface area contributed by atoms with Crippen LogP contribution in [0.25, 0.3) is 5.78 Å². The van der Waals surface area contributed by atoms with Crippen molar-refractivity contribution in [2.24, 2.45) is 0 Å². The van der Waals surface area contributed by atoms with Crippen molar-refractivity contribution in [2.45, 2.75) is 20.0 Å². The summed E-state index contributed by atoms with van der Waals surface area (Å²) < 4.78 is 17.1. The summed E-state index contributed by atoms with van der Waals surface area (Å²) in [6.45, 7) is 3.40. The van der Waals surface area contributed by atoms with Gasteiger partial charge >= 0.3 is 5.97 Å². The van der Waals surface area contributed by atoms with Crippen molar-refractivity contribution in [2.75, 3.05) is 12.1 Å². The summed E-state index contributed by atoms with van der Waals surface area (Å²) in [5, 5.41) is 6.71. The summed E-state index contributed by atoms with van der Waals surface area (Å²) in [6, 6.07) is 6.72. The largest absolute Gasteiger partial charge is 0.454 e. The second-order valence-electron chi connectivity index (χ2n) is 5.84. The van der Waals surface area contributed by atoms with Gasteiger partial charge in [0.15, 0.2) is 17.6 Å². The molecule has 0 aliphatic carbocycles. The van der Waals surface area contributed by atoms with Crippen LogP contribution in [0.1, 0.15) is 23.2 Å². The van der Waals surface area contributed by atoms with Crippen molar-refractivity contribution in [3.05, 3.63) is 42.0 Å². The van der Waals surface area contributed by atoms with Crippen molar-refractivity contribution >= 4 is 23.3 Å². The van der Waals surface area contributed by atoms with E-state index < -0.39 is 18.0 Å². The van der Waals surface area contributed by atoms with Gasteiger partial charge in [0.05, 0.1) is 0 Å². The minimum atomic E-state index is -1.05. The first-order valence-corrected chi connectivity index (χ1v) is 8.11. The third-order valence-electron chi connectivity index (χ3n) is 3.91. The average molecular weight is 369 g/mol. The number of anilines is 1. The van der Waals surface area contributed by atoms with Gasteiger partial charge in [-0.1, -0.05) is 0 Å². The molecule has 10 heteroatoms. The molecule has 4 rings (SSSR count). The van der Waals surface area contributed by atoms with E-state index in [0.717, 1.165) is 5.69 Å². The number of amides is 1. The van der Waals surface area contributed by atoms with Gasteiger partial charge in [0, 0.05) is 23.6 Å². The molecule has 1 N–H and O–H groups in total. The Bertz CT molecular complexity index is 1050.